The number of rotatable bonds is 2. The van der Waals surface area contributed by atoms with E-state index in [9.17, 15) is 0 Å². The van der Waals surface area contributed by atoms with Gasteiger partial charge in [0.2, 0.25) is 0 Å². The molecule has 23 heavy (non-hydrogen) atoms. The van der Waals surface area contributed by atoms with Gasteiger partial charge in [-0.05, 0) is 50.5 Å². The van der Waals surface area contributed by atoms with Crippen molar-refractivity contribution in [2.24, 2.45) is 0 Å². The highest BCUT2D eigenvalue weighted by molar-refractivity contribution is 5.91. The summed E-state index contributed by atoms with van der Waals surface area (Å²) in [4.78, 5) is 16.3. The molecule has 0 spiro atoms. The summed E-state index contributed by atoms with van der Waals surface area (Å²) in [5.41, 5.74) is 1.96. The van der Waals surface area contributed by atoms with Crippen molar-refractivity contribution >= 4 is 16.7 Å². The van der Waals surface area contributed by atoms with Crippen LogP contribution in [-0.4, -0.2) is 27.5 Å². The molecule has 4 rings (SSSR count). The molecular weight excluding hydrogens is 284 g/mol. The maximum atomic E-state index is 4.92. The average Bonchev–Trinajstić information content (AvgIpc) is 2.62. The molecule has 4 nitrogen and oxygen atoms in total. The summed E-state index contributed by atoms with van der Waals surface area (Å²) in [5.74, 6) is 1.81. The number of benzene rings is 1. The van der Waals surface area contributed by atoms with Gasteiger partial charge in [-0.1, -0.05) is 12.1 Å². The second kappa shape index (κ2) is 5.95. The zero-order valence-corrected chi connectivity index (χ0v) is 13.3. The third-order valence-corrected chi connectivity index (χ3v) is 4.58. The molecule has 0 saturated carbocycles. The Morgan fingerprint density at radius 3 is 2.78 bits per heavy atom. The predicted octanol–water partition coefficient (Wildman–Crippen LogP) is 4.07. The summed E-state index contributed by atoms with van der Waals surface area (Å²) in [5, 5.41) is 1.13. The number of para-hydroxylation sites is 1. The van der Waals surface area contributed by atoms with Crippen LogP contribution in [-0.2, 0) is 0 Å². The van der Waals surface area contributed by atoms with Crippen LogP contribution < -0.4 is 4.90 Å². The van der Waals surface area contributed by atoms with E-state index in [0.29, 0.717) is 6.04 Å². The van der Waals surface area contributed by atoms with E-state index in [-0.39, 0.29) is 0 Å². The van der Waals surface area contributed by atoms with Gasteiger partial charge in [-0.15, -0.1) is 0 Å². The van der Waals surface area contributed by atoms with Crippen molar-refractivity contribution in [3.05, 3.63) is 48.8 Å². The second-order valence-corrected chi connectivity index (χ2v) is 6.17. The molecule has 1 aliphatic rings. The van der Waals surface area contributed by atoms with Gasteiger partial charge in [0.05, 0.1) is 5.52 Å². The van der Waals surface area contributed by atoms with E-state index in [0.717, 1.165) is 34.7 Å². The number of anilines is 1. The number of hydrogen-bond donors (Lipinski definition) is 0. The Hall–Kier alpha value is -2.49. The van der Waals surface area contributed by atoms with E-state index < -0.39 is 0 Å². The van der Waals surface area contributed by atoms with Crippen molar-refractivity contribution < 1.29 is 0 Å². The fraction of sp³-hybridized carbons (Fsp3) is 0.316. The molecule has 1 aliphatic heterocycles. The van der Waals surface area contributed by atoms with E-state index >= 15 is 0 Å². The van der Waals surface area contributed by atoms with Crippen LogP contribution >= 0.6 is 0 Å². The largest absolute Gasteiger partial charge is 0.353 e. The van der Waals surface area contributed by atoms with Crippen molar-refractivity contribution in [1.29, 1.82) is 0 Å². The second-order valence-electron chi connectivity index (χ2n) is 6.17. The highest BCUT2D eigenvalue weighted by atomic mass is 15.2. The molecule has 1 unspecified atom stereocenters. The van der Waals surface area contributed by atoms with Crippen LogP contribution in [0.5, 0.6) is 0 Å². The van der Waals surface area contributed by atoms with E-state index in [2.05, 4.69) is 35.0 Å². The van der Waals surface area contributed by atoms with Crippen LogP contribution in [0, 0.1) is 0 Å². The van der Waals surface area contributed by atoms with E-state index in [1.165, 1.54) is 19.3 Å². The molecule has 3 aromatic rings. The molecular formula is C19H20N4. The van der Waals surface area contributed by atoms with Gasteiger partial charge in [-0.2, -0.15) is 0 Å². The number of aromatic nitrogens is 3. The third kappa shape index (κ3) is 2.65. The summed E-state index contributed by atoms with van der Waals surface area (Å²) in [6.07, 6.45) is 7.35. The number of piperidine rings is 1. The Kier molecular flexibility index (Phi) is 3.66. The maximum Gasteiger partial charge on any atom is 0.163 e. The number of pyridine rings is 1. The van der Waals surface area contributed by atoms with Crippen LogP contribution in [0.25, 0.3) is 22.3 Å². The lowest BCUT2D eigenvalue weighted by Crippen LogP contribution is -2.38. The Bertz CT molecular complexity index is 816. The standard InChI is InChI=1S/C19H20N4/c1-14-7-4-5-12-23(14)19-16-9-2-3-10-17(16)21-18(22-19)15-8-6-11-20-13-15/h2-3,6,8-11,13-14H,4-5,7,12H2,1H3. The molecule has 1 saturated heterocycles. The first kappa shape index (κ1) is 14.1. The minimum Gasteiger partial charge on any atom is -0.353 e. The third-order valence-electron chi connectivity index (χ3n) is 4.58. The highest BCUT2D eigenvalue weighted by Crippen LogP contribution is 2.31. The van der Waals surface area contributed by atoms with Crippen molar-refractivity contribution in [1.82, 2.24) is 15.0 Å². The normalized spacial score (nSPS) is 18.3. The van der Waals surface area contributed by atoms with Crippen molar-refractivity contribution in [3.63, 3.8) is 0 Å². The van der Waals surface area contributed by atoms with Crippen molar-refractivity contribution in [2.45, 2.75) is 32.2 Å². The molecule has 0 amide bonds. The number of nitrogens with zero attached hydrogens (tertiary/aromatic N) is 4. The number of hydrogen-bond acceptors (Lipinski definition) is 4. The SMILES string of the molecule is CC1CCCCN1c1nc(-c2cccnc2)nc2ccccc12. The molecule has 0 aliphatic carbocycles. The quantitative estimate of drug-likeness (QED) is 0.715. The minimum absolute atomic E-state index is 0.517. The van der Waals surface area contributed by atoms with Gasteiger partial charge >= 0.3 is 0 Å². The van der Waals surface area contributed by atoms with Crippen LogP contribution in [0.3, 0.4) is 0 Å². The molecule has 0 radical (unpaired) electrons. The first-order chi connectivity index (χ1) is 11.3. The van der Waals surface area contributed by atoms with Gasteiger partial charge in [-0.3, -0.25) is 4.98 Å². The topological polar surface area (TPSA) is 41.9 Å². The lowest BCUT2D eigenvalue weighted by atomic mass is 10.0. The summed E-state index contributed by atoms with van der Waals surface area (Å²) >= 11 is 0. The maximum absolute atomic E-state index is 4.92. The Balaban J connectivity index is 1.91. The molecule has 1 atom stereocenters. The molecule has 116 valence electrons. The first-order valence-electron chi connectivity index (χ1n) is 8.27. The van der Waals surface area contributed by atoms with Crippen molar-refractivity contribution in [2.75, 3.05) is 11.4 Å². The van der Waals surface area contributed by atoms with Crippen LogP contribution in [0.4, 0.5) is 5.82 Å². The fourth-order valence-electron chi connectivity index (χ4n) is 3.32. The van der Waals surface area contributed by atoms with Crippen LogP contribution in [0.1, 0.15) is 26.2 Å². The highest BCUT2D eigenvalue weighted by Gasteiger charge is 2.22. The fourth-order valence-corrected chi connectivity index (χ4v) is 3.32. The molecule has 0 bridgehead atoms. The predicted molar refractivity (Wildman–Crippen MR) is 93.4 cm³/mol. The van der Waals surface area contributed by atoms with Gasteiger partial charge < -0.3 is 4.90 Å². The molecule has 1 aromatic carbocycles. The van der Waals surface area contributed by atoms with Gasteiger partial charge in [0, 0.05) is 35.9 Å². The Morgan fingerprint density at radius 1 is 1.04 bits per heavy atom. The van der Waals surface area contributed by atoms with Gasteiger partial charge in [0.15, 0.2) is 5.82 Å². The van der Waals surface area contributed by atoms with E-state index in [1.807, 2.05) is 24.4 Å². The van der Waals surface area contributed by atoms with Gasteiger partial charge in [-0.25, -0.2) is 9.97 Å². The summed E-state index contributed by atoms with van der Waals surface area (Å²) in [6, 6.07) is 12.7. The number of fused-ring (bicyclic) bond motifs is 1. The monoisotopic (exact) mass is 304 g/mol. The summed E-state index contributed by atoms with van der Waals surface area (Å²) in [6.45, 7) is 3.36. The first-order valence-corrected chi connectivity index (χ1v) is 8.27. The van der Waals surface area contributed by atoms with E-state index in [1.54, 1.807) is 6.20 Å². The van der Waals surface area contributed by atoms with Gasteiger partial charge in [0.1, 0.15) is 5.82 Å². The average molecular weight is 304 g/mol. The van der Waals surface area contributed by atoms with Crippen LogP contribution in [0.15, 0.2) is 48.8 Å². The molecule has 0 N–H and O–H groups in total. The lowest BCUT2D eigenvalue weighted by Gasteiger charge is -2.35. The zero-order chi connectivity index (χ0) is 15.6. The smallest absolute Gasteiger partial charge is 0.163 e. The summed E-state index contributed by atoms with van der Waals surface area (Å²) < 4.78 is 0. The molecule has 3 heterocycles. The van der Waals surface area contributed by atoms with Crippen molar-refractivity contribution in [3.8, 4) is 11.4 Å². The Morgan fingerprint density at radius 2 is 1.96 bits per heavy atom. The zero-order valence-electron chi connectivity index (χ0n) is 13.3. The Labute approximate surface area is 136 Å². The molecule has 2 aromatic heterocycles. The van der Waals surface area contributed by atoms with E-state index in [4.69, 9.17) is 9.97 Å². The molecule has 4 heteroatoms. The van der Waals surface area contributed by atoms with Gasteiger partial charge in [0.25, 0.3) is 0 Å². The minimum atomic E-state index is 0.517. The molecule has 1 fully saturated rings. The lowest BCUT2D eigenvalue weighted by molar-refractivity contribution is 0.482. The van der Waals surface area contributed by atoms with Crippen LogP contribution in [0.2, 0.25) is 0 Å². The summed E-state index contributed by atoms with van der Waals surface area (Å²) in [7, 11) is 0.